The number of nitrogens with one attached hydrogen (secondary N) is 1. The van der Waals surface area contributed by atoms with Crippen molar-refractivity contribution < 1.29 is 22.8 Å². The number of halogens is 3. The van der Waals surface area contributed by atoms with Crippen molar-refractivity contribution in [3.63, 3.8) is 0 Å². The first kappa shape index (κ1) is 15.8. The molecule has 8 heteroatoms. The third-order valence-electron chi connectivity index (χ3n) is 3.28. The average Bonchev–Trinajstić information content (AvgIpc) is 2.91. The fourth-order valence-corrected chi connectivity index (χ4v) is 2.85. The molecule has 1 saturated heterocycles. The quantitative estimate of drug-likeness (QED) is 0.930. The second-order valence-electron chi connectivity index (χ2n) is 4.90. The van der Waals surface area contributed by atoms with Gasteiger partial charge in [0.15, 0.2) is 0 Å². The Labute approximate surface area is 123 Å². The Morgan fingerprint density at radius 3 is 2.52 bits per heavy atom. The summed E-state index contributed by atoms with van der Waals surface area (Å²) in [5.41, 5.74) is 0. The van der Waals surface area contributed by atoms with Gasteiger partial charge in [0.05, 0.1) is 4.88 Å². The van der Waals surface area contributed by atoms with Gasteiger partial charge in [0.2, 0.25) is 5.91 Å². The van der Waals surface area contributed by atoms with Gasteiger partial charge in [-0.15, -0.1) is 11.3 Å². The van der Waals surface area contributed by atoms with Gasteiger partial charge in [0.1, 0.15) is 6.42 Å². The van der Waals surface area contributed by atoms with Crippen LogP contribution >= 0.6 is 11.3 Å². The molecule has 1 N–H and O–H groups in total. The first-order chi connectivity index (χ1) is 9.85. The highest BCUT2D eigenvalue weighted by atomic mass is 32.1. The van der Waals surface area contributed by atoms with Crippen molar-refractivity contribution in [3.05, 3.63) is 22.4 Å². The molecule has 116 valence electrons. The van der Waals surface area contributed by atoms with E-state index < -0.39 is 18.5 Å². The summed E-state index contributed by atoms with van der Waals surface area (Å²) in [7, 11) is 0. The van der Waals surface area contributed by atoms with Crippen molar-refractivity contribution in [3.8, 4) is 0 Å². The van der Waals surface area contributed by atoms with Gasteiger partial charge in [-0.2, -0.15) is 13.2 Å². The summed E-state index contributed by atoms with van der Waals surface area (Å²) in [6.07, 6.45) is -4.94. The maximum atomic E-state index is 12.2. The standard InChI is InChI=1S/C13H15F3N2O2S/c14-13(15,16)8-11(19)18-5-3-9(4-6-18)17-12(20)10-2-1-7-21-10/h1-2,7,9H,3-6,8H2,(H,17,20). The van der Waals surface area contributed by atoms with Crippen LogP contribution in [0.3, 0.4) is 0 Å². The molecule has 1 aromatic heterocycles. The van der Waals surface area contributed by atoms with E-state index in [9.17, 15) is 22.8 Å². The highest BCUT2D eigenvalue weighted by Gasteiger charge is 2.34. The van der Waals surface area contributed by atoms with E-state index in [0.717, 1.165) is 0 Å². The molecule has 4 nitrogen and oxygen atoms in total. The van der Waals surface area contributed by atoms with E-state index in [1.54, 1.807) is 17.5 Å². The van der Waals surface area contributed by atoms with Gasteiger partial charge in [-0.1, -0.05) is 6.07 Å². The van der Waals surface area contributed by atoms with Gasteiger partial charge in [0, 0.05) is 19.1 Å². The SMILES string of the molecule is O=C(NC1CCN(C(=O)CC(F)(F)F)CC1)c1cccs1. The van der Waals surface area contributed by atoms with E-state index in [2.05, 4.69) is 5.32 Å². The number of rotatable bonds is 3. The summed E-state index contributed by atoms with van der Waals surface area (Å²) in [5, 5.41) is 4.64. The van der Waals surface area contributed by atoms with Crippen LogP contribution in [0.25, 0.3) is 0 Å². The first-order valence-electron chi connectivity index (χ1n) is 6.54. The molecule has 0 saturated carbocycles. The fourth-order valence-electron chi connectivity index (χ4n) is 2.22. The number of nitrogens with zero attached hydrogens (tertiary/aromatic N) is 1. The average molecular weight is 320 g/mol. The number of carbonyl (C=O) groups excluding carboxylic acids is 2. The Morgan fingerprint density at radius 1 is 1.33 bits per heavy atom. The summed E-state index contributed by atoms with van der Waals surface area (Å²) >= 11 is 1.33. The first-order valence-corrected chi connectivity index (χ1v) is 7.42. The van der Waals surface area contributed by atoms with E-state index in [-0.39, 0.29) is 25.0 Å². The molecular formula is C13H15F3N2O2S. The molecule has 0 atom stereocenters. The van der Waals surface area contributed by atoms with Crippen molar-refractivity contribution in [2.75, 3.05) is 13.1 Å². The molecule has 2 amide bonds. The van der Waals surface area contributed by atoms with Gasteiger partial charge in [-0.05, 0) is 24.3 Å². The van der Waals surface area contributed by atoms with Crippen molar-refractivity contribution in [1.82, 2.24) is 10.2 Å². The molecule has 0 aromatic carbocycles. The van der Waals surface area contributed by atoms with E-state index in [4.69, 9.17) is 0 Å². The van der Waals surface area contributed by atoms with Crippen molar-refractivity contribution in [2.45, 2.75) is 31.5 Å². The number of amides is 2. The number of hydrogen-bond acceptors (Lipinski definition) is 3. The Balaban J connectivity index is 1.78. The number of likely N-dealkylation sites (tertiary alicyclic amines) is 1. The van der Waals surface area contributed by atoms with Crippen LogP contribution in [0.5, 0.6) is 0 Å². The monoisotopic (exact) mass is 320 g/mol. The molecule has 0 spiro atoms. The highest BCUT2D eigenvalue weighted by Crippen LogP contribution is 2.22. The lowest BCUT2D eigenvalue weighted by Crippen LogP contribution is -2.47. The number of piperidine rings is 1. The molecule has 1 aromatic rings. The summed E-state index contributed by atoms with van der Waals surface area (Å²) in [6, 6.07) is 3.38. The van der Waals surface area contributed by atoms with E-state index in [1.807, 2.05) is 0 Å². The third-order valence-corrected chi connectivity index (χ3v) is 4.15. The van der Waals surface area contributed by atoms with Crippen molar-refractivity contribution >= 4 is 23.2 Å². The second-order valence-corrected chi connectivity index (χ2v) is 5.85. The summed E-state index contributed by atoms with van der Waals surface area (Å²) < 4.78 is 36.5. The fraction of sp³-hybridized carbons (Fsp3) is 0.538. The zero-order chi connectivity index (χ0) is 15.5. The molecule has 1 fully saturated rings. The summed E-state index contributed by atoms with van der Waals surface area (Å²) in [4.78, 5) is 25.1. The van der Waals surface area contributed by atoms with E-state index >= 15 is 0 Å². The van der Waals surface area contributed by atoms with Crippen LogP contribution in [-0.2, 0) is 4.79 Å². The molecule has 2 heterocycles. The van der Waals surface area contributed by atoms with Crippen LogP contribution in [0.15, 0.2) is 17.5 Å². The molecule has 2 rings (SSSR count). The minimum atomic E-state index is -4.47. The van der Waals surface area contributed by atoms with Crippen LogP contribution in [-0.4, -0.2) is 42.0 Å². The Hall–Kier alpha value is -1.57. The van der Waals surface area contributed by atoms with Crippen LogP contribution in [0.1, 0.15) is 28.9 Å². The third kappa shape index (κ3) is 4.73. The lowest BCUT2D eigenvalue weighted by molar-refractivity contribution is -0.162. The lowest BCUT2D eigenvalue weighted by Gasteiger charge is -2.32. The number of thiophene rings is 1. The topological polar surface area (TPSA) is 49.4 Å². The maximum absolute atomic E-state index is 12.2. The number of hydrogen-bond donors (Lipinski definition) is 1. The Bertz CT molecular complexity index is 494. The Morgan fingerprint density at radius 2 is 2.00 bits per heavy atom. The molecule has 0 aliphatic carbocycles. The summed E-state index contributed by atoms with van der Waals surface area (Å²) in [6.45, 7) is 0.481. The van der Waals surface area contributed by atoms with Gasteiger partial charge in [-0.3, -0.25) is 9.59 Å². The zero-order valence-electron chi connectivity index (χ0n) is 11.2. The molecule has 1 aliphatic rings. The van der Waals surface area contributed by atoms with Gasteiger partial charge in [-0.25, -0.2) is 0 Å². The second kappa shape index (κ2) is 6.46. The number of carbonyl (C=O) groups is 2. The molecule has 21 heavy (non-hydrogen) atoms. The van der Waals surface area contributed by atoms with Crippen molar-refractivity contribution in [1.29, 1.82) is 0 Å². The van der Waals surface area contributed by atoms with Crippen LogP contribution in [0.2, 0.25) is 0 Å². The molecule has 1 aliphatic heterocycles. The van der Waals surface area contributed by atoms with E-state index in [0.29, 0.717) is 17.7 Å². The number of alkyl halides is 3. The van der Waals surface area contributed by atoms with Crippen LogP contribution in [0, 0.1) is 0 Å². The molecule has 0 unspecified atom stereocenters. The summed E-state index contributed by atoms with van der Waals surface area (Å²) in [5.74, 6) is -1.07. The van der Waals surface area contributed by atoms with Gasteiger partial charge in [0.25, 0.3) is 5.91 Å². The zero-order valence-corrected chi connectivity index (χ0v) is 12.0. The molecular weight excluding hydrogens is 305 g/mol. The van der Waals surface area contributed by atoms with Gasteiger partial charge >= 0.3 is 6.18 Å². The molecule has 0 radical (unpaired) electrons. The van der Waals surface area contributed by atoms with Crippen LogP contribution < -0.4 is 5.32 Å². The maximum Gasteiger partial charge on any atom is 0.397 e. The predicted molar refractivity (Wildman–Crippen MR) is 72.1 cm³/mol. The smallest absolute Gasteiger partial charge is 0.348 e. The van der Waals surface area contributed by atoms with Gasteiger partial charge < -0.3 is 10.2 Å². The van der Waals surface area contributed by atoms with Crippen molar-refractivity contribution in [2.24, 2.45) is 0 Å². The minimum absolute atomic E-state index is 0.102. The molecule has 0 bridgehead atoms. The van der Waals surface area contributed by atoms with Crippen LogP contribution in [0.4, 0.5) is 13.2 Å². The predicted octanol–water partition coefficient (Wildman–Crippen LogP) is 2.42. The Kier molecular flexibility index (Phi) is 4.87. The largest absolute Gasteiger partial charge is 0.397 e. The van der Waals surface area contributed by atoms with E-state index in [1.165, 1.54) is 16.2 Å². The highest BCUT2D eigenvalue weighted by molar-refractivity contribution is 7.12. The minimum Gasteiger partial charge on any atom is -0.348 e. The normalized spacial score (nSPS) is 16.8. The lowest BCUT2D eigenvalue weighted by atomic mass is 10.0.